The number of nitrogens with zero attached hydrogens (tertiary/aromatic N) is 4. The van der Waals surface area contributed by atoms with Crippen molar-refractivity contribution in [1.29, 1.82) is 0 Å². The molecule has 0 bridgehead atoms. The van der Waals surface area contributed by atoms with Gasteiger partial charge in [0.25, 0.3) is 0 Å². The molecule has 1 aromatic heterocycles. The SMILES string of the molecule is CN1N=C(/C=C/c2ccc(-n3ccnc3)cc2)CCC1=O. The number of benzene rings is 1. The molecule has 1 amide bonds. The monoisotopic (exact) mass is 280 g/mol. The standard InChI is InChI=1S/C16H16N4O/c1-19-16(21)9-6-14(18-19)5-2-13-3-7-15(8-4-13)20-11-10-17-12-20/h2-5,7-8,10-12H,6,9H2,1H3/b5-2+. The summed E-state index contributed by atoms with van der Waals surface area (Å²) < 4.78 is 1.96. The summed E-state index contributed by atoms with van der Waals surface area (Å²) in [6.07, 6.45) is 10.6. The van der Waals surface area contributed by atoms with Crippen molar-refractivity contribution in [2.45, 2.75) is 12.8 Å². The topological polar surface area (TPSA) is 50.5 Å². The van der Waals surface area contributed by atoms with Crippen LogP contribution in [0.15, 0.2) is 54.2 Å². The maximum Gasteiger partial charge on any atom is 0.242 e. The molecule has 2 heterocycles. The third kappa shape index (κ3) is 3.08. The Kier molecular flexibility index (Phi) is 3.64. The highest BCUT2D eigenvalue weighted by atomic mass is 16.2. The summed E-state index contributed by atoms with van der Waals surface area (Å²) in [5, 5.41) is 5.65. The molecule has 0 unspecified atom stereocenters. The fraction of sp³-hybridized carbons (Fsp3) is 0.188. The van der Waals surface area contributed by atoms with Gasteiger partial charge in [0.1, 0.15) is 0 Å². The molecule has 0 fully saturated rings. The minimum atomic E-state index is 0.0665. The molecule has 0 spiro atoms. The number of hydrogen-bond acceptors (Lipinski definition) is 3. The lowest BCUT2D eigenvalue weighted by Crippen LogP contribution is -2.27. The number of amides is 1. The molecule has 1 aromatic carbocycles. The van der Waals surface area contributed by atoms with Gasteiger partial charge < -0.3 is 4.57 Å². The number of rotatable bonds is 3. The Morgan fingerprint density at radius 1 is 1.14 bits per heavy atom. The van der Waals surface area contributed by atoms with Crippen LogP contribution in [-0.2, 0) is 4.79 Å². The normalized spacial score (nSPS) is 15.6. The highest BCUT2D eigenvalue weighted by Crippen LogP contribution is 2.12. The van der Waals surface area contributed by atoms with Crippen LogP contribution in [0.5, 0.6) is 0 Å². The lowest BCUT2D eigenvalue weighted by atomic mass is 10.1. The highest BCUT2D eigenvalue weighted by molar-refractivity contribution is 6.02. The van der Waals surface area contributed by atoms with Gasteiger partial charge in [-0.25, -0.2) is 9.99 Å². The second-order valence-corrected chi connectivity index (χ2v) is 4.90. The van der Waals surface area contributed by atoms with Gasteiger partial charge in [0.15, 0.2) is 0 Å². The minimum absolute atomic E-state index is 0.0665. The van der Waals surface area contributed by atoms with Crippen molar-refractivity contribution >= 4 is 17.7 Å². The third-order valence-corrected chi connectivity index (χ3v) is 3.40. The van der Waals surface area contributed by atoms with E-state index < -0.39 is 0 Å². The summed E-state index contributed by atoms with van der Waals surface area (Å²) in [5.74, 6) is 0.0665. The van der Waals surface area contributed by atoms with Crippen LogP contribution in [0.2, 0.25) is 0 Å². The Bertz CT molecular complexity index is 684. The summed E-state index contributed by atoms with van der Waals surface area (Å²) in [6.45, 7) is 0. The van der Waals surface area contributed by atoms with Crippen molar-refractivity contribution in [3.05, 3.63) is 54.6 Å². The molecule has 0 saturated carbocycles. The second-order valence-electron chi connectivity index (χ2n) is 4.90. The van der Waals surface area contributed by atoms with Gasteiger partial charge in [0.05, 0.1) is 12.0 Å². The van der Waals surface area contributed by atoms with Crippen molar-refractivity contribution in [2.24, 2.45) is 5.10 Å². The van der Waals surface area contributed by atoms with Crippen LogP contribution in [0.4, 0.5) is 0 Å². The molecule has 2 aromatic rings. The molecule has 3 rings (SSSR count). The Morgan fingerprint density at radius 3 is 2.62 bits per heavy atom. The number of carbonyl (C=O) groups is 1. The Balaban J connectivity index is 1.72. The smallest absolute Gasteiger partial charge is 0.242 e. The fourth-order valence-corrected chi connectivity index (χ4v) is 2.17. The summed E-state index contributed by atoms with van der Waals surface area (Å²) in [4.78, 5) is 15.4. The maximum atomic E-state index is 11.4. The number of hydrogen-bond donors (Lipinski definition) is 0. The van der Waals surface area contributed by atoms with E-state index >= 15 is 0 Å². The number of allylic oxidation sites excluding steroid dienone is 1. The maximum absolute atomic E-state index is 11.4. The summed E-state index contributed by atoms with van der Waals surface area (Å²) >= 11 is 0. The molecule has 0 saturated heterocycles. The van der Waals surface area contributed by atoms with Gasteiger partial charge in [0, 0.05) is 38.0 Å². The number of carbonyl (C=O) groups excluding carboxylic acids is 1. The van der Waals surface area contributed by atoms with Gasteiger partial charge in [-0.1, -0.05) is 18.2 Å². The second kappa shape index (κ2) is 5.75. The van der Waals surface area contributed by atoms with Crippen molar-refractivity contribution in [1.82, 2.24) is 14.6 Å². The first-order chi connectivity index (χ1) is 10.2. The molecule has 1 aliphatic heterocycles. The van der Waals surface area contributed by atoms with Gasteiger partial charge >= 0.3 is 0 Å². The highest BCUT2D eigenvalue weighted by Gasteiger charge is 2.14. The minimum Gasteiger partial charge on any atom is -0.306 e. The van der Waals surface area contributed by atoms with Crippen molar-refractivity contribution in [3.63, 3.8) is 0 Å². The van der Waals surface area contributed by atoms with Crippen LogP contribution in [0, 0.1) is 0 Å². The van der Waals surface area contributed by atoms with E-state index in [4.69, 9.17) is 0 Å². The van der Waals surface area contributed by atoms with E-state index in [-0.39, 0.29) is 5.91 Å². The van der Waals surface area contributed by atoms with E-state index in [1.54, 1.807) is 19.6 Å². The van der Waals surface area contributed by atoms with E-state index in [9.17, 15) is 4.79 Å². The molecule has 106 valence electrons. The first-order valence-electron chi connectivity index (χ1n) is 6.83. The molecule has 21 heavy (non-hydrogen) atoms. The van der Waals surface area contributed by atoms with Crippen LogP contribution in [0.3, 0.4) is 0 Å². The zero-order valence-corrected chi connectivity index (χ0v) is 11.8. The van der Waals surface area contributed by atoms with Gasteiger partial charge in [-0.3, -0.25) is 4.79 Å². The molecule has 0 radical (unpaired) electrons. The van der Waals surface area contributed by atoms with Gasteiger partial charge in [-0.2, -0.15) is 5.10 Å². The predicted octanol–water partition coefficient (Wildman–Crippen LogP) is 2.49. The first kappa shape index (κ1) is 13.3. The molecular weight excluding hydrogens is 264 g/mol. The van der Waals surface area contributed by atoms with Crippen LogP contribution < -0.4 is 0 Å². The van der Waals surface area contributed by atoms with E-state index in [2.05, 4.69) is 10.1 Å². The summed E-state index contributed by atoms with van der Waals surface area (Å²) in [5.41, 5.74) is 3.10. The Labute approximate surface area is 123 Å². The van der Waals surface area contributed by atoms with E-state index in [1.165, 1.54) is 5.01 Å². The fourth-order valence-electron chi connectivity index (χ4n) is 2.17. The van der Waals surface area contributed by atoms with Gasteiger partial charge in [-0.05, 0) is 23.8 Å². The summed E-state index contributed by atoms with van der Waals surface area (Å²) in [6, 6.07) is 8.17. The first-order valence-corrected chi connectivity index (χ1v) is 6.83. The average Bonchev–Trinajstić information content (AvgIpc) is 3.03. The number of hydrazone groups is 1. The van der Waals surface area contributed by atoms with Crippen LogP contribution in [0.25, 0.3) is 11.8 Å². The Hall–Kier alpha value is -2.69. The van der Waals surface area contributed by atoms with Gasteiger partial charge in [-0.15, -0.1) is 0 Å². The quantitative estimate of drug-likeness (QED) is 0.867. The number of aromatic nitrogens is 2. The molecule has 0 atom stereocenters. The van der Waals surface area contributed by atoms with Crippen LogP contribution >= 0.6 is 0 Å². The van der Waals surface area contributed by atoms with E-state index in [0.29, 0.717) is 12.8 Å². The van der Waals surface area contributed by atoms with Crippen molar-refractivity contribution in [2.75, 3.05) is 7.05 Å². The number of imidazole rings is 1. The Morgan fingerprint density at radius 2 is 1.95 bits per heavy atom. The molecule has 5 heteroatoms. The lowest BCUT2D eigenvalue weighted by molar-refractivity contribution is -0.130. The third-order valence-electron chi connectivity index (χ3n) is 3.40. The van der Waals surface area contributed by atoms with E-state index in [0.717, 1.165) is 17.0 Å². The van der Waals surface area contributed by atoms with E-state index in [1.807, 2.05) is 47.2 Å². The molecule has 1 aliphatic rings. The van der Waals surface area contributed by atoms with Crippen molar-refractivity contribution < 1.29 is 4.79 Å². The zero-order valence-electron chi connectivity index (χ0n) is 11.8. The van der Waals surface area contributed by atoms with Crippen molar-refractivity contribution in [3.8, 4) is 5.69 Å². The summed E-state index contributed by atoms with van der Waals surface area (Å²) in [7, 11) is 1.69. The largest absolute Gasteiger partial charge is 0.306 e. The lowest BCUT2D eigenvalue weighted by Gasteiger charge is -2.17. The molecular formula is C16H16N4O. The molecule has 0 N–H and O–H groups in total. The van der Waals surface area contributed by atoms with Crippen LogP contribution in [0.1, 0.15) is 18.4 Å². The van der Waals surface area contributed by atoms with Gasteiger partial charge in [0.2, 0.25) is 5.91 Å². The zero-order chi connectivity index (χ0) is 14.7. The molecule has 5 nitrogen and oxygen atoms in total. The predicted molar refractivity (Wildman–Crippen MR) is 82.0 cm³/mol. The average molecular weight is 280 g/mol. The van der Waals surface area contributed by atoms with Crippen LogP contribution in [-0.4, -0.2) is 33.2 Å². The molecule has 0 aliphatic carbocycles.